The van der Waals surface area contributed by atoms with E-state index in [0.29, 0.717) is 12.1 Å². The van der Waals surface area contributed by atoms with Crippen molar-refractivity contribution in [3.8, 4) is 5.88 Å². The summed E-state index contributed by atoms with van der Waals surface area (Å²) in [5.41, 5.74) is 0.635. The maximum Gasteiger partial charge on any atom is 0.388 e. The maximum absolute atomic E-state index is 12.0. The molecule has 1 aromatic rings. The van der Waals surface area contributed by atoms with Gasteiger partial charge in [0.2, 0.25) is 5.88 Å². The molecule has 0 aliphatic heterocycles. The van der Waals surface area contributed by atoms with E-state index in [4.69, 9.17) is 0 Å². The van der Waals surface area contributed by atoms with Gasteiger partial charge in [0, 0.05) is 25.4 Å². The summed E-state index contributed by atoms with van der Waals surface area (Å²) in [4.78, 5) is 15.0. The van der Waals surface area contributed by atoms with Gasteiger partial charge in [-0.25, -0.2) is 9.78 Å². The fourth-order valence-corrected chi connectivity index (χ4v) is 1.34. The number of ether oxygens (including phenoxy) is 1. The van der Waals surface area contributed by atoms with Gasteiger partial charge in [-0.15, -0.1) is 0 Å². The molecule has 2 N–H and O–H groups in total. The smallest absolute Gasteiger partial charge is 0.388 e. The number of hydrogen-bond donors (Lipinski definition) is 2. The van der Waals surface area contributed by atoms with Crippen molar-refractivity contribution < 1.29 is 18.3 Å². The van der Waals surface area contributed by atoms with E-state index in [-0.39, 0.29) is 18.5 Å². The number of hydrogen-bond acceptors (Lipinski definition) is 3. The summed E-state index contributed by atoms with van der Waals surface area (Å²) in [5, 5.41) is 5.30. The Kier molecular flexibility index (Phi) is 6.56. The molecule has 0 radical (unpaired) electrons. The third-order valence-corrected chi connectivity index (χ3v) is 2.28. The monoisotopic (exact) mass is 273 g/mol. The molecule has 1 rings (SSSR count). The van der Waals surface area contributed by atoms with E-state index in [1.807, 2.05) is 6.92 Å². The minimum atomic E-state index is -2.91. The molecule has 0 aromatic carbocycles. The number of unbranched alkanes of at least 4 members (excludes halogenated alkanes) is 1. The molecule has 1 aromatic heterocycles. The lowest BCUT2D eigenvalue weighted by atomic mass is 10.2. The van der Waals surface area contributed by atoms with E-state index in [1.165, 1.54) is 12.3 Å². The van der Waals surface area contributed by atoms with Crippen molar-refractivity contribution in [2.45, 2.75) is 32.9 Å². The molecule has 0 unspecified atom stereocenters. The number of nitrogens with zero attached hydrogens (tertiary/aromatic N) is 1. The fraction of sp³-hybridized carbons (Fsp3) is 0.500. The highest BCUT2D eigenvalue weighted by molar-refractivity contribution is 5.73. The van der Waals surface area contributed by atoms with Crippen molar-refractivity contribution in [2.75, 3.05) is 6.54 Å². The van der Waals surface area contributed by atoms with Crippen LogP contribution in [0, 0.1) is 0 Å². The Balaban J connectivity index is 2.38. The summed E-state index contributed by atoms with van der Waals surface area (Å²) in [7, 11) is 0. The number of rotatable bonds is 7. The quantitative estimate of drug-likeness (QED) is 0.749. The van der Waals surface area contributed by atoms with Gasteiger partial charge in [0.15, 0.2) is 0 Å². The molecule has 0 aliphatic rings. The lowest BCUT2D eigenvalue weighted by molar-refractivity contribution is -0.0528. The number of halogens is 2. The zero-order chi connectivity index (χ0) is 14.1. The van der Waals surface area contributed by atoms with Gasteiger partial charge in [-0.3, -0.25) is 0 Å². The molecule has 0 saturated carbocycles. The van der Waals surface area contributed by atoms with Gasteiger partial charge in [-0.2, -0.15) is 8.78 Å². The van der Waals surface area contributed by atoms with Crippen LogP contribution in [0.25, 0.3) is 0 Å². The minimum Gasteiger partial charge on any atom is -0.417 e. The maximum atomic E-state index is 12.0. The Morgan fingerprint density at radius 2 is 2.26 bits per heavy atom. The number of nitrogens with one attached hydrogen (secondary N) is 2. The molecule has 2 amide bonds. The molecule has 0 fully saturated rings. The number of carbonyl (C=O) groups excluding carboxylic acids is 1. The molecule has 0 atom stereocenters. The first-order chi connectivity index (χ1) is 9.11. The molecular formula is C12H17F2N3O2. The van der Waals surface area contributed by atoms with E-state index in [0.717, 1.165) is 12.8 Å². The first-order valence-electron chi connectivity index (χ1n) is 6.03. The Labute approximate surface area is 110 Å². The van der Waals surface area contributed by atoms with Gasteiger partial charge in [0.25, 0.3) is 0 Å². The summed E-state index contributed by atoms with van der Waals surface area (Å²) in [6.45, 7) is -0.0485. The van der Waals surface area contributed by atoms with E-state index < -0.39 is 6.61 Å². The highest BCUT2D eigenvalue weighted by atomic mass is 19.3. The fourth-order valence-electron chi connectivity index (χ4n) is 1.34. The van der Waals surface area contributed by atoms with Gasteiger partial charge in [-0.1, -0.05) is 13.3 Å². The van der Waals surface area contributed by atoms with Crippen LogP contribution in [0.4, 0.5) is 13.6 Å². The lowest BCUT2D eigenvalue weighted by Gasteiger charge is -2.08. The normalized spacial score (nSPS) is 10.3. The largest absolute Gasteiger partial charge is 0.417 e. The first-order valence-corrected chi connectivity index (χ1v) is 6.03. The van der Waals surface area contributed by atoms with Crippen molar-refractivity contribution >= 4 is 6.03 Å². The summed E-state index contributed by atoms with van der Waals surface area (Å²) in [5.74, 6) is -0.166. The van der Waals surface area contributed by atoms with Crippen LogP contribution in [0.5, 0.6) is 5.88 Å². The molecule has 0 spiro atoms. The molecular weight excluding hydrogens is 256 g/mol. The minimum absolute atomic E-state index is 0.166. The predicted molar refractivity (Wildman–Crippen MR) is 66.0 cm³/mol. The Bertz CT molecular complexity index is 402. The standard InChI is InChI=1S/C12H17F2N3O2/c1-2-3-5-16-12(18)17-8-9-4-6-15-10(7-9)19-11(13)14/h4,6-7,11H,2-3,5,8H2,1H3,(H2,16,17,18). The van der Waals surface area contributed by atoms with Crippen LogP contribution in [0.15, 0.2) is 18.3 Å². The Morgan fingerprint density at radius 3 is 2.95 bits per heavy atom. The van der Waals surface area contributed by atoms with Gasteiger partial charge >= 0.3 is 12.6 Å². The second-order valence-corrected chi connectivity index (χ2v) is 3.84. The topological polar surface area (TPSA) is 63.2 Å². The third kappa shape index (κ3) is 6.54. The lowest BCUT2D eigenvalue weighted by Crippen LogP contribution is -2.35. The Morgan fingerprint density at radius 1 is 1.47 bits per heavy atom. The highest BCUT2D eigenvalue weighted by Gasteiger charge is 2.06. The van der Waals surface area contributed by atoms with E-state index in [1.54, 1.807) is 6.07 Å². The molecule has 0 aliphatic carbocycles. The van der Waals surface area contributed by atoms with E-state index in [9.17, 15) is 13.6 Å². The number of pyridine rings is 1. The van der Waals surface area contributed by atoms with Crippen molar-refractivity contribution in [3.05, 3.63) is 23.9 Å². The molecule has 0 bridgehead atoms. The number of urea groups is 1. The molecule has 7 heteroatoms. The van der Waals surface area contributed by atoms with Crippen molar-refractivity contribution in [1.29, 1.82) is 0 Å². The second kappa shape index (κ2) is 8.23. The van der Waals surface area contributed by atoms with Gasteiger partial charge < -0.3 is 15.4 Å². The molecule has 0 saturated heterocycles. The molecule has 106 valence electrons. The van der Waals surface area contributed by atoms with Gasteiger partial charge in [0.05, 0.1) is 0 Å². The van der Waals surface area contributed by atoms with Crippen LogP contribution in [0.3, 0.4) is 0 Å². The number of carbonyl (C=O) groups is 1. The summed E-state index contributed by atoms with van der Waals surface area (Å²) in [6.07, 6.45) is 3.26. The van der Waals surface area contributed by atoms with Crippen LogP contribution >= 0.6 is 0 Å². The molecule has 5 nitrogen and oxygen atoms in total. The van der Waals surface area contributed by atoms with Crippen LogP contribution in [0.1, 0.15) is 25.3 Å². The second-order valence-electron chi connectivity index (χ2n) is 3.84. The van der Waals surface area contributed by atoms with E-state index in [2.05, 4.69) is 20.4 Å². The highest BCUT2D eigenvalue weighted by Crippen LogP contribution is 2.11. The van der Waals surface area contributed by atoms with E-state index >= 15 is 0 Å². The summed E-state index contributed by atoms with van der Waals surface area (Å²) in [6, 6.07) is 2.69. The average molecular weight is 273 g/mol. The van der Waals surface area contributed by atoms with Crippen LogP contribution in [0.2, 0.25) is 0 Å². The number of aromatic nitrogens is 1. The zero-order valence-electron chi connectivity index (χ0n) is 10.7. The SMILES string of the molecule is CCCCNC(=O)NCc1ccnc(OC(F)F)c1. The van der Waals surface area contributed by atoms with Crippen molar-refractivity contribution in [1.82, 2.24) is 15.6 Å². The van der Waals surface area contributed by atoms with Crippen LogP contribution in [-0.4, -0.2) is 24.2 Å². The third-order valence-electron chi connectivity index (χ3n) is 2.28. The summed E-state index contributed by atoms with van der Waals surface area (Å²) >= 11 is 0. The van der Waals surface area contributed by atoms with Crippen LogP contribution in [-0.2, 0) is 6.54 Å². The number of amides is 2. The van der Waals surface area contributed by atoms with Gasteiger partial charge in [-0.05, 0) is 18.1 Å². The Hall–Kier alpha value is -1.92. The van der Waals surface area contributed by atoms with Gasteiger partial charge in [0.1, 0.15) is 0 Å². The number of alkyl halides is 2. The predicted octanol–water partition coefficient (Wildman–Crippen LogP) is 2.28. The van der Waals surface area contributed by atoms with Crippen molar-refractivity contribution in [3.63, 3.8) is 0 Å². The van der Waals surface area contributed by atoms with Crippen molar-refractivity contribution in [2.24, 2.45) is 0 Å². The zero-order valence-corrected chi connectivity index (χ0v) is 10.7. The first kappa shape index (κ1) is 15.1. The van der Waals surface area contributed by atoms with Crippen LogP contribution < -0.4 is 15.4 Å². The molecule has 19 heavy (non-hydrogen) atoms. The average Bonchev–Trinajstić information content (AvgIpc) is 2.36. The summed E-state index contributed by atoms with van der Waals surface area (Å²) < 4.78 is 28.2. The molecule has 1 heterocycles.